The summed E-state index contributed by atoms with van der Waals surface area (Å²) in [7, 11) is 0. The first-order chi connectivity index (χ1) is 8.42. The van der Waals surface area contributed by atoms with Gasteiger partial charge in [0, 0.05) is 5.69 Å². The van der Waals surface area contributed by atoms with Crippen molar-refractivity contribution in [3.05, 3.63) is 29.3 Å². The van der Waals surface area contributed by atoms with Crippen LogP contribution in [0.5, 0.6) is 0 Å². The summed E-state index contributed by atoms with van der Waals surface area (Å²) in [5.74, 6) is 0. The van der Waals surface area contributed by atoms with Gasteiger partial charge in [0.05, 0.1) is 17.7 Å². The fourth-order valence-electron chi connectivity index (χ4n) is 2.45. The predicted octanol–water partition coefficient (Wildman–Crippen LogP) is 3.20. The van der Waals surface area contributed by atoms with Gasteiger partial charge in [-0.1, -0.05) is 13.0 Å². The number of fused-ring (bicyclic) bond motifs is 1. The minimum atomic E-state index is -4.32. The van der Waals surface area contributed by atoms with E-state index >= 15 is 0 Å². The number of anilines is 1. The third-order valence-corrected chi connectivity index (χ3v) is 3.71. The van der Waals surface area contributed by atoms with Gasteiger partial charge in [0.15, 0.2) is 0 Å². The Kier molecular flexibility index (Phi) is 3.27. The summed E-state index contributed by atoms with van der Waals surface area (Å²) in [4.78, 5) is 0. The summed E-state index contributed by atoms with van der Waals surface area (Å²) in [6.45, 7) is 1.85. The highest BCUT2D eigenvalue weighted by atomic mass is 19.4. The molecule has 0 saturated carbocycles. The largest absolute Gasteiger partial charge is 0.416 e. The van der Waals surface area contributed by atoms with Gasteiger partial charge in [0.1, 0.15) is 0 Å². The maximum Gasteiger partial charge on any atom is 0.416 e. The number of aliphatic hydroxyl groups excluding tert-OH is 1. The summed E-state index contributed by atoms with van der Waals surface area (Å²) < 4.78 is 38.6. The molecule has 1 aromatic rings. The zero-order valence-corrected chi connectivity index (χ0v) is 10.1. The average Bonchev–Trinajstić information content (AvgIpc) is 2.36. The molecule has 5 heteroatoms. The first-order valence-electron chi connectivity index (χ1n) is 6.00. The van der Waals surface area contributed by atoms with Crippen LogP contribution < -0.4 is 5.32 Å². The van der Waals surface area contributed by atoms with Gasteiger partial charge in [-0.15, -0.1) is 0 Å². The molecule has 1 unspecified atom stereocenters. The van der Waals surface area contributed by atoms with Gasteiger partial charge in [0.2, 0.25) is 0 Å². The molecule has 0 amide bonds. The molecule has 2 N–H and O–H groups in total. The maximum atomic E-state index is 12.9. The lowest BCUT2D eigenvalue weighted by molar-refractivity contribution is -0.138. The molecule has 0 spiro atoms. The molecule has 0 fully saturated rings. The number of halogens is 3. The normalized spacial score (nSPS) is 23.4. The average molecular weight is 259 g/mol. The lowest BCUT2D eigenvalue weighted by atomic mass is 9.83. The third kappa shape index (κ3) is 2.19. The number of hydrogen-bond acceptors (Lipinski definition) is 2. The lowest BCUT2D eigenvalue weighted by Gasteiger charge is -2.38. The van der Waals surface area contributed by atoms with Crippen LogP contribution in [-0.2, 0) is 12.6 Å². The fourth-order valence-corrected chi connectivity index (χ4v) is 2.45. The molecular formula is C13H16F3NO. The smallest absolute Gasteiger partial charge is 0.394 e. The van der Waals surface area contributed by atoms with Gasteiger partial charge >= 0.3 is 6.18 Å². The minimum Gasteiger partial charge on any atom is -0.394 e. The van der Waals surface area contributed by atoms with Gasteiger partial charge < -0.3 is 10.4 Å². The second kappa shape index (κ2) is 4.46. The van der Waals surface area contributed by atoms with Crippen molar-refractivity contribution in [1.29, 1.82) is 0 Å². The molecule has 0 radical (unpaired) electrons. The highest BCUT2D eigenvalue weighted by Crippen LogP contribution is 2.40. The van der Waals surface area contributed by atoms with Crippen molar-refractivity contribution in [2.45, 2.75) is 37.9 Å². The van der Waals surface area contributed by atoms with Crippen molar-refractivity contribution in [2.24, 2.45) is 0 Å². The van der Waals surface area contributed by atoms with Crippen molar-refractivity contribution in [3.63, 3.8) is 0 Å². The molecule has 0 aliphatic carbocycles. The summed E-state index contributed by atoms with van der Waals surface area (Å²) in [6, 6.07) is 4.15. The van der Waals surface area contributed by atoms with Gasteiger partial charge in [-0.3, -0.25) is 0 Å². The van der Waals surface area contributed by atoms with Crippen LogP contribution in [0.15, 0.2) is 18.2 Å². The summed E-state index contributed by atoms with van der Waals surface area (Å²) in [5, 5.41) is 12.5. The molecule has 1 atom stereocenters. The first-order valence-corrected chi connectivity index (χ1v) is 6.00. The van der Waals surface area contributed by atoms with Gasteiger partial charge in [-0.05, 0) is 37.0 Å². The van der Waals surface area contributed by atoms with E-state index in [0.29, 0.717) is 30.5 Å². The Balaban J connectivity index is 2.42. The Labute approximate surface area is 104 Å². The van der Waals surface area contributed by atoms with Crippen molar-refractivity contribution in [1.82, 2.24) is 0 Å². The summed E-state index contributed by atoms with van der Waals surface area (Å²) in [6.07, 6.45) is -2.79. The highest BCUT2D eigenvalue weighted by molar-refractivity contribution is 5.59. The number of hydrogen-bond donors (Lipinski definition) is 2. The maximum absolute atomic E-state index is 12.9. The van der Waals surface area contributed by atoms with Crippen LogP contribution in [0.25, 0.3) is 0 Å². The van der Waals surface area contributed by atoms with Crippen LogP contribution in [0.3, 0.4) is 0 Å². The lowest BCUT2D eigenvalue weighted by Crippen LogP contribution is -2.45. The molecule has 0 saturated heterocycles. The number of rotatable bonds is 2. The van der Waals surface area contributed by atoms with E-state index < -0.39 is 17.3 Å². The van der Waals surface area contributed by atoms with Crippen molar-refractivity contribution in [3.8, 4) is 0 Å². The zero-order chi connectivity index (χ0) is 13.4. The van der Waals surface area contributed by atoms with E-state index in [1.807, 2.05) is 6.92 Å². The van der Waals surface area contributed by atoms with E-state index in [1.54, 1.807) is 6.07 Å². The Morgan fingerprint density at radius 3 is 2.67 bits per heavy atom. The topological polar surface area (TPSA) is 32.3 Å². The number of aliphatic hydroxyl groups is 1. The quantitative estimate of drug-likeness (QED) is 0.854. The molecule has 1 heterocycles. The van der Waals surface area contributed by atoms with Crippen LogP contribution in [-0.4, -0.2) is 17.3 Å². The van der Waals surface area contributed by atoms with E-state index in [9.17, 15) is 18.3 Å². The third-order valence-electron chi connectivity index (χ3n) is 3.71. The predicted molar refractivity (Wildman–Crippen MR) is 63.5 cm³/mol. The Bertz CT molecular complexity index is 438. The fraction of sp³-hybridized carbons (Fsp3) is 0.538. The summed E-state index contributed by atoms with van der Waals surface area (Å²) >= 11 is 0. The molecule has 0 aromatic heterocycles. The zero-order valence-electron chi connectivity index (χ0n) is 10.1. The van der Waals surface area contributed by atoms with Crippen molar-refractivity contribution >= 4 is 5.69 Å². The van der Waals surface area contributed by atoms with E-state index in [-0.39, 0.29) is 6.61 Å². The standard InChI is InChI=1S/C13H16F3NO/c1-2-12(8-18)7-6-9-10(13(14,15)16)4-3-5-11(9)17-12/h3-5,17-18H,2,6-8H2,1H3. The van der Waals surface area contributed by atoms with Crippen LogP contribution in [0, 0.1) is 0 Å². The van der Waals surface area contributed by atoms with Crippen LogP contribution >= 0.6 is 0 Å². The molecular weight excluding hydrogens is 243 g/mol. The Morgan fingerprint density at radius 2 is 2.11 bits per heavy atom. The summed E-state index contributed by atoms with van der Waals surface area (Å²) in [5.41, 5.74) is -0.262. The highest BCUT2D eigenvalue weighted by Gasteiger charge is 2.38. The first kappa shape index (κ1) is 13.2. The second-order valence-corrected chi connectivity index (χ2v) is 4.75. The Hall–Kier alpha value is -1.23. The number of alkyl halides is 3. The monoisotopic (exact) mass is 259 g/mol. The van der Waals surface area contributed by atoms with Crippen molar-refractivity contribution in [2.75, 3.05) is 11.9 Å². The molecule has 18 heavy (non-hydrogen) atoms. The van der Waals surface area contributed by atoms with E-state index in [1.165, 1.54) is 6.07 Å². The van der Waals surface area contributed by atoms with E-state index in [0.717, 1.165) is 6.07 Å². The molecule has 2 rings (SSSR count). The second-order valence-electron chi connectivity index (χ2n) is 4.75. The van der Waals surface area contributed by atoms with Crippen LogP contribution in [0.2, 0.25) is 0 Å². The van der Waals surface area contributed by atoms with E-state index in [4.69, 9.17) is 0 Å². The molecule has 1 aliphatic heterocycles. The molecule has 1 aromatic carbocycles. The molecule has 1 aliphatic rings. The Morgan fingerprint density at radius 1 is 1.39 bits per heavy atom. The van der Waals surface area contributed by atoms with Gasteiger partial charge in [-0.25, -0.2) is 0 Å². The van der Waals surface area contributed by atoms with Gasteiger partial charge in [0.25, 0.3) is 0 Å². The SMILES string of the molecule is CCC1(CO)CCc2c(cccc2C(F)(F)F)N1. The number of benzene rings is 1. The van der Waals surface area contributed by atoms with Crippen molar-refractivity contribution < 1.29 is 18.3 Å². The minimum absolute atomic E-state index is 0.0703. The van der Waals surface area contributed by atoms with E-state index in [2.05, 4.69) is 5.32 Å². The van der Waals surface area contributed by atoms with Crippen LogP contribution in [0.4, 0.5) is 18.9 Å². The molecule has 2 nitrogen and oxygen atoms in total. The molecule has 0 bridgehead atoms. The molecule has 100 valence electrons. The number of nitrogens with one attached hydrogen (secondary N) is 1. The van der Waals surface area contributed by atoms with Crippen LogP contribution in [0.1, 0.15) is 30.9 Å². The van der Waals surface area contributed by atoms with Gasteiger partial charge in [-0.2, -0.15) is 13.2 Å².